The van der Waals surface area contributed by atoms with Crippen molar-refractivity contribution in [1.29, 1.82) is 0 Å². The molecule has 0 saturated carbocycles. The maximum Gasteiger partial charge on any atom is 0.251 e. The molecule has 0 N–H and O–H groups in total. The van der Waals surface area contributed by atoms with Crippen molar-refractivity contribution in [2.24, 2.45) is 7.05 Å². The number of pyridine rings is 1. The number of carbonyl (C=O) groups excluding carboxylic acids is 1. The summed E-state index contributed by atoms with van der Waals surface area (Å²) in [4.78, 5) is 25.5. The molecule has 0 aliphatic heterocycles. The fourth-order valence-corrected chi connectivity index (χ4v) is 3.53. The molecule has 4 rings (SSSR count). The van der Waals surface area contributed by atoms with Gasteiger partial charge in [0.1, 0.15) is 0 Å². The number of aromatic nitrogens is 1. The van der Waals surface area contributed by atoms with Crippen molar-refractivity contribution in [2.75, 3.05) is 0 Å². The molecule has 0 bridgehead atoms. The molecule has 3 heteroatoms. The van der Waals surface area contributed by atoms with Gasteiger partial charge in [0.25, 0.3) is 5.56 Å². The summed E-state index contributed by atoms with van der Waals surface area (Å²) in [5.41, 5.74) is 6.08. The van der Waals surface area contributed by atoms with Gasteiger partial charge in [0, 0.05) is 29.6 Å². The Morgan fingerprint density at radius 2 is 1.50 bits per heavy atom. The average molecular weight is 367 g/mol. The Kier molecular flexibility index (Phi) is 4.44. The zero-order valence-corrected chi connectivity index (χ0v) is 16.2. The van der Waals surface area contributed by atoms with E-state index in [0.717, 1.165) is 33.2 Å². The number of ketones is 1. The summed E-state index contributed by atoms with van der Waals surface area (Å²) < 4.78 is 1.62. The Morgan fingerprint density at radius 1 is 0.786 bits per heavy atom. The van der Waals surface area contributed by atoms with Crippen molar-refractivity contribution in [3.63, 3.8) is 0 Å². The fraction of sp³-hybridized carbons (Fsp3) is 0.120. The van der Waals surface area contributed by atoms with Gasteiger partial charge in [-0.2, -0.15) is 0 Å². The molecule has 1 aromatic heterocycles. The van der Waals surface area contributed by atoms with Crippen molar-refractivity contribution in [1.82, 2.24) is 4.57 Å². The topological polar surface area (TPSA) is 39.1 Å². The lowest BCUT2D eigenvalue weighted by Crippen LogP contribution is -2.16. The minimum absolute atomic E-state index is 0.0223. The molecule has 1 heterocycles. The molecule has 3 nitrogen and oxygen atoms in total. The molecule has 0 spiro atoms. The third kappa shape index (κ3) is 3.16. The predicted octanol–water partition coefficient (Wildman–Crippen LogP) is 5.05. The van der Waals surface area contributed by atoms with E-state index in [4.69, 9.17) is 0 Å². The van der Waals surface area contributed by atoms with E-state index < -0.39 is 0 Å². The SMILES string of the molecule is Cc1ccc(C(=O)c2ccc3c(c2)c(-c2cccc(C)c2)cc(=O)n3C)cc1. The lowest BCUT2D eigenvalue weighted by atomic mass is 9.95. The van der Waals surface area contributed by atoms with E-state index in [1.54, 1.807) is 23.7 Å². The first-order valence-electron chi connectivity index (χ1n) is 9.26. The van der Waals surface area contributed by atoms with E-state index in [1.165, 1.54) is 0 Å². The molecule has 0 amide bonds. The smallest absolute Gasteiger partial charge is 0.251 e. The van der Waals surface area contributed by atoms with Crippen molar-refractivity contribution in [3.05, 3.63) is 105 Å². The minimum Gasteiger partial charge on any atom is -0.311 e. The van der Waals surface area contributed by atoms with Crippen molar-refractivity contribution in [2.45, 2.75) is 13.8 Å². The first kappa shape index (κ1) is 17.9. The molecule has 0 aliphatic rings. The highest BCUT2D eigenvalue weighted by atomic mass is 16.1. The summed E-state index contributed by atoms with van der Waals surface area (Å²) in [6.07, 6.45) is 0. The van der Waals surface area contributed by atoms with E-state index in [9.17, 15) is 9.59 Å². The Bertz CT molecular complexity index is 1260. The van der Waals surface area contributed by atoms with Gasteiger partial charge in [-0.15, -0.1) is 0 Å². The van der Waals surface area contributed by atoms with Crippen LogP contribution in [0.4, 0.5) is 0 Å². The van der Waals surface area contributed by atoms with E-state index in [-0.39, 0.29) is 11.3 Å². The van der Waals surface area contributed by atoms with E-state index in [1.807, 2.05) is 68.4 Å². The predicted molar refractivity (Wildman–Crippen MR) is 114 cm³/mol. The lowest BCUT2D eigenvalue weighted by molar-refractivity contribution is 0.103. The largest absolute Gasteiger partial charge is 0.311 e. The van der Waals surface area contributed by atoms with Crippen LogP contribution < -0.4 is 5.56 Å². The summed E-state index contributed by atoms with van der Waals surface area (Å²) in [7, 11) is 1.76. The molecule has 4 aromatic rings. The van der Waals surface area contributed by atoms with Crippen molar-refractivity contribution < 1.29 is 4.79 Å². The molecule has 0 unspecified atom stereocenters. The molecular weight excluding hydrogens is 346 g/mol. The Hall–Kier alpha value is -3.46. The summed E-state index contributed by atoms with van der Waals surface area (Å²) in [6, 6.07) is 22.8. The van der Waals surface area contributed by atoms with Gasteiger partial charge in [-0.05, 0) is 43.2 Å². The van der Waals surface area contributed by atoms with E-state index in [0.29, 0.717) is 11.1 Å². The van der Waals surface area contributed by atoms with Crippen LogP contribution in [0, 0.1) is 13.8 Å². The minimum atomic E-state index is -0.0679. The second-order valence-electron chi connectivity index (χ2n) is 7.25. The van der Waals surface area contributed by atoms with Gasteiger partial charge in [-0.25, -0.2) is 0 Å². The van der Waals surface area contributed by atoms with E-state index in [2.05, 4.69) is 6.07 Å². The number of hydrogen-bond acceptors (Lipinski definition) is 2. The van der Waals surface area contributed by atoms with Gasteiger partial charge >= 0.3 is 0 Å². The lowest BCUT2D eigenvalue weighted by Gasteiger charge is -2.12. The van der Waals surface area contributed by atoms with Crippen LogP contribution in [0.3, 0.4) is 0 Å². The third-order valence-corrected chi connectivity index (χ3v) is 5.15. The number of rotatable bonds is 3. The van der Waals surface area contributed by atoms with Gasteiger partial charge in [-0.1, -0.05) is 59.7 Å². The number of hydrogen-bond donors (Lipinski definition) is 0. The summed E-state index contributed by atoms with van der Waals surface area (Å²) in [5.74, 6) is -0.0223. The molecule has 3 aromatic carbocycles. The highest BCUT2D eigenvalue weighted by Gasteiger charge is 2.14. The Labute approximate surface area is 163 Å². The van der Waals surface area contributed by atoms with Crippen LogP contribution >= 0.6 is 0 Å². The van der Waals surface area contributed by atoms with Crippen LogP contribution in [0.2, 0.25) is 0 Å². The van der Waals surface area contributed by atoms with Crippen molar-refractivity contribution >= 4 is 16.7 Å². The molecule has 0 aliphatic carbocycles. The standard InChI is InChI=1S/C25H21NO2/c1-16-7-9-18(10-8-16)25(28)20-11-12-23-22(14-20)21(15-24(27)26(23)3)19-6-4-5-17(2)13-19/h4-15H,1-3H3. The zero-order chi connectivity index (χ0) is 19.8. The average Bonchev–Trinajstić information content (AvgIpc) is 2.70. The second-order valence-corrected chi connectivity index (χ2v) is 7.25. The second kappa shape index (κ2) is 6.93. The molecule has 0 radical (unpaired) electrons. The third-order valence-electron chi connectivity index (χ3n) is 5.15. The zero-order valence-electron chi connectivity index (χ0n) is 16.2. The molecule has 28 heavy (non-hydrogen) atoms. The maximum atomic E-state index is 13.0. The van der Waals surface area contributed by atoms with Crippen LogP contribution in [-0.2, 0) is 7.05 Å². The fourth-order valence-electron chi connectivity index (χ4n) is 3.53. The number of carbonyl (C=O) groups is 1. The van der Waals surface area contributed by atoms with Crippen LogP contribution in [0.25, 0.3) is 22.0 Å². The molecule has 0 fully saturated rings. The van der Waals surface area contributed by atoms with Crippen molar-refractivity contribution in [3.8, 4) is 11.1 Å². The van der Waals surface area contributed by atoms with Gasteiger partial charge < -0.3 is 4.57 Å². The molecule has 138 valence electrons. The molecular formula is C25H21NO2. The van der Waals surface area contributed by atoms with Gasteiger partial charge in [0.15, 0.2) is 5.78 Å². The summed E-state index contributed by atoms with van der Waals surface area (Å²) >= 11 is 0. The highest BCUT2D eigenvalue weighted by molar-refractivity contribution is 6.11. The van der Waals surface area contributed by atoms with Gasteiger partial charge in [0.05, 0.1) is 5.52 Å². The molecule has 0 saturated heterocycles. The summed E-state index contributed by atoms with van der Waals surface area (Å²) in [6.45, 7) is 4.03. The maximum absolute atomic E-state index is 13.0. The number of fused-ring (bicyclic) bond motifs is 1. The number of benzene rings is 3. The van der Waals surface area contributed by atoms with Crippen LogP contribution in [-0.4, -0.2) is 10.4 Å². The first-order valence-corrected chi connectivity index (χ1v) is 9.26. The first-order chi connectivity index (χ1) is 13.4. The number of aryl methyl sites for hydroxylation is 3. The van der Waals surface area contributed by atoms with Gasteiger partial charge in [-0.3, -0.25) is 9.59 Å². The monoisotopic (exact) mass is 367 g/mol. The van der Waals surface area contributed by atoms with Crippen LogP contribution in [0.1, 0.15) is 27.0 Å². The highest BCUT2D eigenvalue weighted by Crippen LogP contribution is 2.29. The van der Waals surface area contributed by atoms with E-state index >= 15 is 0 Å². The number of nitrogens with zero attached hydrogens (tertiary/aromatic N) is 1. The van der Waals surface area contributed by atoms with Crippen LogP contribution in [0.5, 0.6) is 0 Å². The molecule has 0 atom stereocenters. The normalized spacial score (nSPS) is 11.0. The Morgan fingerprint density at radius 3 is 2.21 bits per heavy atom. The quantitative estimate of drug-likeness (QED) is 0.475. The van der Waals surface area contributed by atoms with Gasteiger partial charge in [0.2, 0.25) is 0 Å². The van der Waals surface area contributed by atoms with Crippen LogP contribution in [0.15, 0.2) is 77.6 Å². The summed E-state index contributed by atoms with van der Waals surface area (Å²) in [5, 5.41) is 0.894. The Balaban J connectivity index is 1.94.